The molecule has 1 fully saturated rings. The maximum absolute atomic E-state index is 11.8. The summed E-state index contributed by atoms with van der Waals surface area (Å²) in [5.74, 6) is -0.631. The van der Waals surface area contributed by atoms with Gasteiger partial charge in [-0.2, -0.15) is 4.99 Å². The lowest BCUT2D eigenvalue weighted by molar-refractivity contribution is -0.133. The summed E-state index contributed by atoms with van der Waals surface area (Å²) in [6.07, 6.45) is 0.503. The maximum Gasteiger partial charge on any atom is 0.259 e. The van der Waals surface area contributed by atoms with E-state index < -0.39 is 5.92 Å². The van der Waals surface area contributed by atoms with Crippen LogP contribution < -0.4 is 10.6 Å². The number of amidine groups is 1. The van der Waals surface area contributed by atoms with E-state index in [4.69, 9.17) is 0 Å². The molecule has 2 amide bonds. The number of nitrogens with zero attached hydrogens (tertiary/aromatic N) is 2. The van der Waals surface area contributed by atoms with E-state index in [1.54, 1.807) is 0 Å². The van der Waals surface area contributed by atoms with Crippen molar-refractivity contribution < 1.29 is 9.59 Å². The van der Waals surface area contributed by atoms with Gasteiger partial charge < -0.3 is 10.6 Å². The van der Waals surface area contributed by atoms with E-state index in [0.717, 1.165) is 26.2 Å². The van der Waals surface area contributed by atoms with Gasteiger partial charge in [0.1, 0.15) is 11.8 Å². The summed E-state index contributed by atoms with van der Waals surface area (Å²) in [7, 11) is 0. The van der Waals surface area contributed by atoms with Crippen molar-refractivity contribution >= 4 is 17.6 Å². The molecule has 2 rings (SSSR count). The molecule has 2 N–H and O–H groups in total. The van der Waals surface area contributed by atoms with Gasteiger partial charge in [0.05, 0.1) is 6.04 Å². The normalized spacial score (nSPS) is 27.7. The molecule has 2 aliphatic rings. The Kier molecular flexibility index (Phi) is 4.08. The highest BCUT2D eigenvalue weighted by Crippen LogP contribution is 2.12. The molecular weight excluding hydrogens is 232 g/mol. The molecule has 18 heavy (non-hydrogen) atoms. The fourth-order valence-corrected chi connectivity index (χ4v) is 2.35. The first-order chi connectivity index (χ1) is 8.63. The Bertz CT molecular complexity index is 374. The van der Waals surface area contributed by atoms with Crippen molar-refractivity contribution in [3.8, 4) is 0 Å². The first kappa shape index (κ1) is 13.2. The van der Waals surface area contributed by atoms with Crippen molar-refractivity contribution in [2.75, 3.05) is 26.2 Å². The minimum absolute atomic E-state index is 0.0159. The van der Waals surface area contributed by atoms with Crippen LogP contribution in [0, 0.1) is 5.92 Å². The van der Waals surface area contributed by atoms with Gasteiger partial charge >= 0.3 is 0 Å². The summed E-state index contributed by atoms with van der Waals surface area (Å²) in [5.41, 5.74) is 0. The zero-order valence-electron chi connectivity index (χ0n) is 10.9. The molecule has 0 aromatic carbocycles. The summed E-state index contributed by atoms with van der Waals surface area (Å²) in [6, 6.07) is -0.0159. The third-order valence-corrected chi connectivity index (χ3v) is 3.60. The van der Waals surface area contributed by atoms with E-state index in [0.29, 0.717) is 12.3 Å². The predicted octanol–water partition coefficient (Wildman–Crippen LogP) is -0.639. The molecule has 0 aromatic heterocycles. The van der Waals surface area contributed by atoms with Crippen LogP contribution in [0.1, 0.15) is 20.3 Å². The van der Waals surface area contributed by atoms with Crippen LogP contribution >= 0.6 is 0 Å². The largest absolute Gasteiger partial charge is 0.314 e. The average molecular weight is 252 g/mol. The zero-order valence-corrected chi connectivity index (χ0v) is 10.9. The third kappa shape index (κ3) is 2.59. The van der Waals surface area contributed by atoms with E-state index in [1.165, 1.54) is 0 Å². The second kappa shape index (κ2) is 5.58. The van der Waals surface area contributed by atoms with Crippen LogP contribution in [0.25, 0.3) is 0 Å². The van der Waals surface area contributed by atoms with Crippen molar-refractivity contribution in [3.05, 3.63) is 0 Å². The van der Waals surface area contributed by atoms with Crippen molar-refractivity contribution in [2.24, 2.45) is 10.9 Å². The highest BCUT2D eigenvalue weighted by molar-refractivity contribution is 6.17. The molecular formula is C12H20N4O2. The van der Waals surface area contributed by atoms with Gasteiger partial charge in [-0.25, -0.2) is 0 Å². The van der Waals surface area contributed by atoms with Gasteiger partial charge in [0.15, 0.2) is 0 Å². The van der Waals surface area contributed by atoms with E-state index in [1.807, 2.05) is 13.8 Å². The van der Waals surface area contributed by atoms with Gasteiger partial charge in [-0.1, -0.05) is 6.92 Å². The summed E-state index contributed by atoms with van der Waals surface area (Å²) < 4.78 is 0. The van der Waals surface area contributed by atoms with Crippen LogP contribution in [0.2, 0.25) is 0 Å². The Labute approximate surface area is 107 Å². The van der Waals surface area contributed by atoms with E-state index in [2.05, 4.69) is 20.5 Å². The summed E-state index contributed by atoms with van der Waals surface area (Å²) in [4.78, 5) is 29.8. The first-order valence-corrected chi connectivity index (χ1v) is 6.51. The number of amides is 2. The highest BCUT2D eigenvalue weighted by atomic mass is 16.2. The SMILES string of the molecule is CCC1C(=O)N=C(C(C)N2CCNCC2)NC1=O. The Morgan fingerprint density at radius 2 is 2.06 bits per heavy atom. The van der Waals surface area contributed by atoms with Crippen molar-refractivity contribution in [1.82, 2.24) is 15.5 Å². The van der Waals surface area contributed by atoms with E-state index in [-0.39, 0.29) is 17.9 Å². The van der Waals surface area contributed by atoms with Gasteiger partial charge in [0, 0.05) is 26.2 Å². The van der Waals surface area contributed by atoms with Gasteiger partial charge in [-0.15, -0.1) is 0 Å². The molecule has 6 nitrogen and oxygen atoms in total. The molecule has 0 aromatic rings. The molecule has 0 spiro atoms. The highest BCUT2D eigenvalue weighted by Gasteiger charge is 2.33. The number of aliphatic imine (C=N–C) groups is 1. The van der Waals surface area contributed by atoms with Gasteiger partial charge in [-0.05, 0) is 13.3 Å². The Morgan fingerprint density at radius 3 is 2.61 bits per heavy atom. The van der Waals surface area contributed by atoms with Gasteiger partial charge in [-0.3, -0.25) is 14.5 Å². The molecule has 0 saturated carbocycles. The number of piperazine rings is 1. The molecule has 0 aliphatic carbocycles. The zero-order chi connectivity index (χ0) is 13.1. The van der Waals surface area contributed by atoms with E-state index >= 15 is 0 Å². The molecule has 0 radical (unpaired) electrons. The first-order valence-electron chi connectivity index (χ1n) is 6.51. The monoisotopic (exact) mass is 252 g/mol. The minimum atomic E-state index is -0.607. The molecule has 2 heterocycles. The quantitative estimate of drug-likeness (QED) is 0.655. The third-order valence-electron chi connectivity index (χ3n) is 3.60. The lowest BCUT2D eigenvalue weighted by Crippen LogP contribution is -2.56. The molecule has 2 atom stereocenters. The molecule has 2 aliphatic heterocycles. The summed E-state index contributed by atoms with van der Waals surface area (Å²) in [5, 5.41) is 6.04. The number of carbonyl (C=O) groups excluding carboxylic acids is 2. The van der Waals surface area contributed by atoms with Crippen LogP contribution in [0.15, 0.2) is 4.99 Å². The number of carbonyl (C=O) groups is 2. The standard InChI is InChI=1S/C12H20N4O2/c1-3-9-11(17)14-10(15-12(9)18)8(2)16-6-4-13-5-7-16/h8-9,13H,3-7H2,1-2H3,(H,14,15,17,18). The summed E-state index contributed by atoms with van der Waals surface area (Å²) >= 11 is 0. The molecule has 2 unspecified atom stereocenters. The van der Waals surface area contributed by atoms with Crippen LogP contribution in [0.3, 0.4) is 0 Å². The van der Waals surface area contributed by atoms with Crippen molar-refractivity contribution in [2.45, 2.75) is 26.3 Å². The lowest BCUT2D eigenvalue weighted by atomic mass is 10.0. The molecule has 1 saturated heterocycles. The van der Waals surface area contributed by atoms with Crippen LogP contribution in [-0.2, 0) is 9.59 Å². The second-order valence-corrected chi connectivity index (χ2v) is 4.75. The number of hydrogen-bond donors (Lipinski definition) is 2. The van der Waals surface area contributed by atoms with Crippen LogP contribution in [-0.4, -0.2) is 54.8 Å². The number of nitrogens with one attached hydrogen (secondary N) is 2. The Balaban J connectivity index is 2.08. The second-order valence-electron chi connectivity index (χ2n) is 4.75. The predicted molar refractivity (Wildman–Crippen MR) is 68.3 cm³/mol. The fraction of sp³-hybridized carbons (Fsp3) is 0.750. The van der Waals surface area contributed by atoms with Crippen LogP contribution in [0.5, 0.6) is 0 Å². The lowest BCUT2D eigenvalue weighted by Gasteiger charge is -2.34. The number of hydrogen-bond acceptors (Lipinski definition) is 4. The molecule has 100 valence electrons. The fourth-order valence-electron chi connectivity index (χ4n) is 2.35. The average Bonchev–Trinajstić information content (AvgIpc) is 2.38. The Hall–Kier alpha value is -1.27. The molecule has 6 heteroatoms. The van der Waals surface area contributed by atoms with Gasteiger partial charge in [0.25, 0.3) is 5.91 Å². The summed E-state index contributed by atoms with van der Waals surface area (Å²) in [6.45, 7) is 7.46. The minimum Gasteiger partial charge on any atom is -0.314 e. The smallest absolute Gasteiger partial charge is 0.259 e. The van der Waals surface area contributed by atoms with Crippen LogP contribution in [0.4, 0.5) is 0 Å². The number of rotatable bonds is 3. The van der Waals surface area contributed by atoms with E-state index in [9.17, 15) is 9.59 Å². The van der Waals surface area contributed by atoms with Crippen molar-refractivity contribution in [3.63, 3.8) is 0 Å². The van der Waals surface area contributed by atoms with Crippen molar-refractivity contribution in [1.29, 1.82) is 0 Å². The molecule has 0 bridgehead atoms. The Morgan fingerprint density at radius 1 is 1.39 bits per heavy atom. The topological polar surface area (TPSA) is 73.8 Å². The maximum atomic E-state index is 11.8. The van der Waals surface area contributed by atoms with Gasteiger partial charge in [0.2, 0.25) is 5.91 Å².